The number of hydrogen-bond acceptors (Lipinski definition) is 4. The van der Waals surface area contributed by atoms with Gasteiger partial charge in [-0.1, -0.05) is 140 Å². The maximum Gasteiger partial charge on any atom is 0.159 e. The van der Waals surface area contributed by atoms with Gasteiger partial charge in [-0.25, -0.2) is 9.98 Å². The number of ether oxygens (including phenoxy) is 1. The molecule has 3 aliphatic rings. The van der Waals surface area contributed by atoms with Gasteiger partial charge in [-0.3, -0.25) is 0 Å². The third kappa shape index (κ3) is 3.58. The lowest BCUT2D eigenvalue weighted by Gasteiger charge is -2.39. The van der Waals surface area contributed by atoms with E-state index in [-0.39, 0.29) is 6.17 Å². The number of fused-ring (bicyclic) bond motifs is 9. The number of nitrogens with one attached hydrogen (secondary N) is 1. The van der Waals surface area contributed by atoms with Gasteiger partial charge in [0.15, 0.2) is 5.84 Å². The number of nitrogens with zero attached hydrogens (tertiary/aromatic N) is 2. The molecular formula is C40H27N3O. The number of amidine groups is 2. The predicted molar refractivity (Wildman–Crippen MR) is 176 cm³/mol. The van der Waals surface area contributed by atoms with Crippen LogP contribution in [0.25, 0.3) is 11.1 Å². The molecule has 0 amide bonds. The Hall–Kier alpha value is -5.74. The molecule has 0 fully saturated rings. The van der Waals surface area contributed by atoms with Crippen molar-refractivity contribution in [1.82, 2.24) is 5.32 Å². The third-order valence-electron chi connectivity index (χ3n) is 9.01. The SMILES string of the molecule is c1ccc(C2=NC(c3ccc4c(c3)Oc3ccccc3C43c4ccccc4-c4ccccc43)=NC(c3ccccc3)N2)cc1. The predicted octanol–water partition coefficient (Wildman–Crippen LogP) is 8.65. The summed E-state index contributed by atoms with van der Waals surface area (Å²) in [4.78, 5) is 10.2. The first-order valence-electron chi connectivity index (χ1n) is 15.0. The average molecular weight is 566 g/mol. The molecule has 4 heteroatoms. The maximum atomic E-state index is 6.73. The zero-order chi connectivity index (χ0) is 29.1. The summed E-state index contributed by atoms with van der Waals surface area (Å²) in [6.45, 7) is 0. The van der Waals surface area contributed by atoms with E-state index >= 15 is 0 Å². The molecule has 1 N–H and O–H groups in total. The Bertz CT molecular complexity index is 2090. The van der Waals surface area contributed by atoms with Crippen molar-refractivity contribution in [2.24, 2.45) is 9.98 Å². The molecular weight excluding hydrogens is 538 g/mol. The van der Waals surface area contributed by atoms with E-state index in [1.165, 1.54) is 22.3 Å². The number of rotatable bonds is 3. The fourth-order valence-corrected chi connectivity index (χ4v) is 7.13. The fraction of sp³-hybridized carbons (Fsp3) is 0.0500. The maximum absolute atomic E-state index is 6.73. The highest BCUT2D eigenvalue weighted by Gasteiger charge is 2.50. The van der Waals surface area contributed by atoms with Crippen LogP contribution in [0.3, 0.4) is 0 Å². The molecule has 1 unspecified atom stereocenters. The van der Waals surface area contributed by atoms with Gasteiger partial charge in [-0.05, 0) is 39.9 Å². The lowest BCUT2D eigenvalue weighted by Crippen LogP contribution is -2.34. The van der Waals surface area contributed by atoms with E-state index in [9.17, 15) is 0 Å². The molecule has 0 radical (unpaired) electrons. The Morgan fingerprint density at radius 2 is 1.11 bits per heavy atom. The molecule has 4 nitrogen and oxygen atoms in total. The van der Waals surface area contributed by atoms with Gasteiger partial charge in [0, 0.05) is 22.3 Å². The quantitative estimate of drug-likeness (QED) is 0.233. The molecule has 1 atom stereocenters. The van der Waals surface area contributed by atoms with Crippen molar-refractivity contribution in [3.63, 3.8) is 0 Å². The fourth-order valence-electron chi connectivity index (χ4n) is 7.13. The minimum Gasteiger partial charge on any atom is -0.457 e. The Morgan fingerprint density at radius 1 is 0.523 bits per heavy atom. The van der Waals surface area contributed by atoms with E-state index in [0.29, 0.717) is 5.84 Å². The first-order valence-corrected chi connectivity index (χ1v) is 15.0. The van der Waals surface area contributed by atoms with Crippen LogP contribution >= 0.6 is 0 Å². The molecule has 44 heavy (non-hydrogen) atoms. The highest BCUT2D eigenvalue weighted by molar-refractivity contribution is 6.13. The van der Waals surface area contributed by atoms with Crippen LogP contribution in [0, 0.1) is 0 Å². The molecule has 6 aromatic carbocycles. The summed E-state index contributed by atoms with van der Waals surface area (Å²) in [5.74, 6) is 3.15. The van der Waals surface area contributed by atoms with Crippen molar-refractivity contribution < 1.29 is 4.74 Å². The monoisotopic (exact) mass is 565 g/mol. The van der Waals surface area contributed by atoms with Crippen molar-refractivity contribution in [1.29, 1.82) is 0 Å². The molecule has 0 saturated carbocycles. The Labute approximate surface area is 256 Å². The van der Waals surface area contributed by atoms with Gasteiger partial charge in [-0.2, -0.15) is 0 Å². The highest BCUT2D eigenvalue weighted by atomic mass is 16.5. The molecule has 2 heterocycles. The molecule has 9 rings (SSSR count). The third-order valence-corrected chi connectivity index (χ3v) is 9.01. The Kier molecular flexibility index (Phi) is 5.44. The van der Waals surface area contributed by atoms with E-state index in [0.717, 1.165) is 45.2 Å². The smallest absolute Gasteiger partial charge is 0.159 e. The Balaban J connectivity index is 1.25. The van der Waals surface area contributed by atoms with E-state index in [4.69, 9.17) is 14.7 Å². The van der Waals surface area contributed by atoms with Gasteiger partial charge in [0.1, 0.15) is 23.5 Å². The largest absolute Gasteiger partial charge is 0.457 e. The second kappa shape index (κ2) is 9.65. The number of aliphatic imine (C=N–C) groups is 2. The van der Waals surface area contributed by atoms with Gasteiger partial charge in [0.25, 0.3) is 0 Å². The molecule has 1 aliphatic carbocycles. The number of para-hydroxylation sites is 1. The molecule has 208 valence electrons. The number of benzene rings is 6. The lowest BCUT2D eigenvalue weighted by molar-refractivity contribution is 0.436. The van der Waals surface area contributed by atoms with Gasteiger partial charge < -0.3 is 10.1 Å². The second-order valence-corrected chi connectivity index (χ2v) is 11.4. The summed E-state index contributed by atoms with van der Waals surface area (Å²) in [6, 6.07) is 53.0. The van der Waals surface area contributed by atoms with Crippen LogP contribution in [0.5, 0.6) is 11.5 Å². The van der Waals surface area contributed by atoms with E-state index in [1.807, 2.05) is 42.5 Å². The van der Waals surface area contributed by atoms with Crippen molar-refractivity contribution in [2.75, 3.05) is 0 Å². The highest BCUT2D eigenvalue weighted by Crippen LogP contribution is 2.61. The van der Waals surface area contributed by atoms with Crippen molar-refractivity contribution in [3.8, 4) is 22.6 Å². The van der Waals surface area contributed by atoms with Gasteiger partial charge in [-0.15, -0.1) is 0 Å². The first-order chi connectivity index (χ1) is 21.8. The topological polar surface area (TPSA) is 46.0 Å². The van der Waals surface area contributed by atoms with Crippen molar-refractivity contribution in [2.45, 2.75) is 11.6 Å². The lowest BCUT2D eigenvalue weighted by atomic mass is 9.66. The normalized spacial score (nSPS) is 16.8. The molecule has 0 bridgehead atoms. The van der Waals surface area contributed by atoms with Gasteiger partial charge in [0.05, 0.1) is 5.41 Å². The minimum atomic E-state index is -0.489. The van der Waals surface area contributed by atoms with Crippen molar-refractivity contribution >= 4 is 11.7 Å². The van der Waals surface area contributed by atoms with Crippen LogP contribution in [0.4, 0.5) is 0 Å². The van der Waals surface area contributed by atoms with E-state index in [2.05, 4.69) is 115 Å². The summed E-state index contributed by atoms with van der Waals surface area (Å²) in [6.07, 6.45) is -0.267. The molecule has 1 spiro atoms. The van der Waals surface area contributed by atoms with Crippen LogP contribution in [0.2, 0.25) is 0 Å². The van der Waals surface area contributed by atoms with Gasteiger partial charge >= 0.3 is 0 Å². The van der Waals surface area contributed by atoms with Crippen LogP contribution in [0.1, 0.15) is 45.1 Å². The second-order valence-electron chi connectivity index (χ2n) is 11.4. The standard InChI is InChI=1S/C40H27N3O/c1-3-13-26(14-4-1)37-41-38(27-15-5-2-6-16-27)43-39(42-37)28-23-24-34-36(25-28)44-35-22-12-11-21-33(35)40(34)31-19-9-7-17-29(31)30-18-8-10-20-32(30)40/h1-25,37H,(H,41,42,43). The summed E-state index contributed by atoms with van der Waals surface area (Å²) in [7, 11) is 0. The summed E-state index contributed by atoms with van der Waals surface area (Å²) >= 11 is 0. The molecule has 0 saturated heterocycles. The zero-order valence-electron chi connectivity index (χ0n) is 23.8. The zero-order valence-corrected chi connectivity index (χ0v) is 23.8. The summed E-state index contributed by atoms with van der Waals surface area (Å²) in [5.41, 5.74) is 9.88. The average Bonchev–Trinajstić information content (AvgIpc) is 3.39. The van der Waals surface area contributed by atoms with Crippen LogP contribution in [0.15, 0.2) is 162 Å². The molecule has 6 aromatic rings. The van der Waals surface area contributed by atoms with Crippen LogP contribution in [-0.4, -0.2) is 11.7 Å². The Morgan fingerprint density at radius 3 is 1.84 bits per heavy atom. The van der Waals surface area contributed by atoms with E-state index in [1.54, 1.807) is 0 Å². The number of hydrogen-bond donors (Lipinski definition) is 1. The minimum absolute atomic E-state index is 0.267. The molecule has 0 aromatic heterocycles. The van der Waals surface area contributed by atoms with Gasteiger partial charge in [0.2, 0.25) is 0 Å². The van der Waals surface area contributed by atoms with Crippen molar-refractivity contribution in [3.05, 3.63) is 191 Å². The van der Waals surface area contributed by atoms with Crippen LogP contribution in [-0.2, 0) is 5.41 Å². The van der Waals surface area contributed by atoms with Crippen LogP contribution < -0.4 is 10.1 Å². The van der Waals surface area contributed by atoms with E-state index < -0.39 is 5.41 Å². The summed E-state index contributed by atoms with van der Waals surface area (Å²) < 4.78 is 6.73. The first kappa shape index (κ1) is 24.8. The molecule has 2 aliphatic heterocycles. The summed E-state index contributed by atoms with van der Waals surface area (Å²) in [5, 5.41) is 3.55.